The van der Waals surface area contributed by atoms with Gasteiger partial charge < -0.3 is 0 Å². The predicted octanol–water partition coefficient (Wildman–Crippen LogP) is 5.55. The van der Waals surface area contributed by atoms with Crippen LogP contribution in [0, 0.1) is 28.9 Å². The molecule has 0 atom stereocenters. The maximum Gasteiger partial charge on any atom is 0.181 e. The fourth-order valence-corrected chi connectivity index (χ4v) is 4.94. The normalized spacial score (nSPS) is 19.5. The molecular formula is C20H20ClF2NO2S. The van der Waals surface area contributed by atoms with Crippen molar-refractivity contribution in [1.29, 1.82) is 5.26 Å². The van der Waals surface area contributed by atoms with Gasteiger partial charge in [-0.15, -0.1) is 0 Å². The molecule has 0 bridgehead atoms. The third kappa shape index (κ3) is 6.30. The van der Waals surface area contributed by atoms with E-state index >= 15 is 0 Å². The highest BCUT2D eigenvalue weighted by atomic mass is 35.5. The van der Waals surface area contributed by atoms with Crippen LogP contribution in [0.2, 0.25) is 5.02 Å². The fourth-order valence-electron chi connectivity index (χ4n) is 3.02. The molecule has 0 spiro atoms. The second kappa shape index (κ2) is 9.82. The zero-order valence-corrected chi connectivity index (χ0v) is 16.2. The van der Waals surface area contributed by atoms with E-state index < -0.39 is 21.5 Å². The molecule has 1 fully saturated rings. The lowest BCUT2D eigenvalue weighted by molar-refractivity contribution is 0.362. The molecular weight excluding hydrogens is 392 g/mol. The van der Waals surface area contributed by atoms with Gasteiger partial charge in [-0.1, -0.05) is 11.6 Å². The summed E-state index contributed by atoms with van der Waals surface area (Å²) in [6, 6.07) is 12.8. The third-order valence-corrected chi connectivity index (χ3v) is 7.09. The van der Waals surface area contributed by atoms with E-state index in [4.69, 9.17) is 16.9 Å². The quantitative estimate of drug-likeness (QED) is 0.665. The van der Waals surface area contributed by atoms with Crippen LogP contribution in [-0.2, 0) is 9.84 Å². The lowest BCUT2D eigenvalue weighted by Crippen LogP contribution is -2.27. The minimum Gasteiger partial charge on any atom is -0.223 e. The zero-order chi connectivity index (χ0) is 19.9. The summed E-state index contributed by atoms with van der Waals surface area (Å²) >= 11 is 5.78. The molecule has 2 aromatic rings. The first-order valence-corrected chi connectivity index (χ1v) is 10.5. The molecule has 0 heterocycles. The molecule has 0 aliphatic heterocycles. The van der Waals surface area contributed by atoms with E-state index in [1.165, 1.54) is 0 Å². The first-order valence-electron chi connectivity index (χ1n) is 8.60. The molecule has 0 amide bonds. The van der Waals surface area contributed by atoms with E-state index in [1.54, 1.807) is 24.3 Å². The Morgan fingerprint density at radius 2 is 1.41 bits per heavy atom. The van der Waals surface area contributed by atoms with Crippen LogP contribution in [-0.4, -0.2) is 13.7 Å². The second-order valence-electron chi connectivity index (χ2n) is 6.44. The molecule has 1 aliphatic carbocycles. The number of nitriles is 1. The Balaban J connectivity index is 0.000000273. The minimum atomic E-state index is -3.26. The number of hydrogen-bond acceptors (Lipinski definition) is 3. The molecule has 0 N–H and O–H groups in total. The number of halogens is 3. The average Bonchev–Trinajstić information content (AvgIpc) is 2.66. The molecule has 0 saturated heterocycles. The van der Waals surface area contributed by atoms with Crippen molar-refractivity contribution < 1.29 is 17.2 Å². The second-order valence-corrected chi connectivity index (χ2v) is 9.10. The Morgan fingerprint density at radius 1 is 0.926 bits per heavy atom. The molecule has 7 heteroatoms. The molecule has 0 aromatic heterocycles. The van der Waals surface area contributed by atoms with Crippen molar-refractivity contribution in [1.82, 2.24) is 0 Å². The molecule has 0 unspecified atom stereocenters. The Kier molecular flexibility index (Phi) is 7.76. The molecule has 3 rings (SSSR count). The summed E-state index contributed by atoms with van der Waals surface area (Å²) in [5.74, 6) is -0.459. The van der Waals surface area contributed by atoms with Crippen LogP contribution in [0.3, 0.4) is 0 Å². The summed E-state index contributed by atoms with van der Waals surface area (Å²) in [5.41, 5.74) is 0. The van der Waals surface area contributed by atoms with Crippen LogP contribution in [0.25, 0.3) is 0 Å². The first-order chi connectivity index (χ1) is 12.8. The van der Waals surface area contributed by atoms with Crippen molar-refractivity contribution in [3.8, 4) is 6.07 Å². The van der Waals surface area contributed by atoms with Crippen LogP contribution >= 0.6 is 11.6 Å². The summed E-state index contributed by atoms with van der Waals surface area (Å²) in [6.07, 6.45) is 3.48. The zero-order valence-electron chi connectivity index (χ0n) is 14.6. The van der Waals surface area contributed by atoms with E-state index in [0.29, 0.717) is 35.1 Å². The van der Waals surface area contributed by atoms with Gasteiger partial charge in [0.2, 0.25) is 0 Å². The number of hydrogen-bond donors (Lipinski definition) is 0. The largest absolute Gasteiger partial charge is 0.223 e. The van der Waals surface area contributed by atoms with E-state index in [9.17, 15) is 17.2 Å². The number of sulfone groups is 1. The molecule has 1 aliphatic rings. The van der Waals surface area contributed by atoms with Gasteiger partial charge >= 0.3 is 0 Å². The predicted molar refractivity (Wildman–Crippen MR) is 101 cm³/mol. The Morgan fingerprint density at radius 3 is 1.85 bits per heavy atom. The maximum absolute atomic E-state index is 12.5. The standard InChI is InChI=1S/C14H16ClNO2S.C6H4F2/c15-12-3-7-14(8-4-12)19(17,18)13-5-1-11(2-6-13)9-10-16;7-5-1-2-6(8)4-3-5/h3-4,7-8,11,13H,1-2,5-6,9H2;1-4H. The number of benzene rings is 2. The van der Waals surface area contributed by atoms with Crippen molar-refractivity contribution in [2.24, 2.45) is 5.92 Å². The third-order valence-electron chi connectivity index (χ3n) is 4.56. The fraction of sp³-hybridized carbons (Fsp3) is 0.350. The van der Waals surface area contributed by atoms with Gasteiger partial charge in [-0.2, -0.15) is 5.26 Å². The summed E-state index contributed by atoms with van der Waals surface area (Å²) in [5, 5.41) is 8.89. The average molecular weight is 412 g/mol. The van der Waals surface area contributed by atoms with Crippen molar-refractivity contribution in [3.05, 3.63) is 65.2 Å². The smallest absolute Gasteiger partial charge is 0.181 e. The lowest BCUT2D eigenvalue weighted by atomic mass is 9.87. The van der Waals surface area contributed by atoms with E-state index in [-0.39, 0.29) is 5.25 Å². The van der Waals surface area contributed by atoms with E-state index in [1.807, 2.05) is 0 Å². The summed E-state index contributed by atoms with van der Waals surface area (Å²) in [7, 11) is -3.26. The Labute approximate surface area is 163 Å². The van der Waals surface area contributed by atoms with Crippen LogP contribution in [0.15, 0.2) is 53.4 Å². The van der Waals surface area contributed by atoms with Gasteiger partial charge in [-0.05, 0) is 80.1 Å². The molecule has 1 saturated carbocycles. The highest BCUT2D eigenvalue weighted by molar-refractivity contribution is 7.92. The van der Waals surface area contributed by atoms with Crippen LogP contribution in [0.5, 0.6) is 0 Å². The van der Waals surface area contributed by atoms with Gasteiger partial charge in [-0.25, -0.2) is 17.2 Å². The van der Waals surface area contributed by atoms with Gasteiger partial charge in [0.25, 0.3) is 0 Å². The maximum atomic E-state index is 12.5. The molecule has 27 heavy (non-hydrogen) atoms. The van der Waals surface area contributed by atoms with Gasteiger partial charge in [0.05, 0.1) is 16.2 Å². The summed E-state index contributed by atoms with van der Waals surface area (Å²) in [4.78, 5) is 0.348. The Hall–Kier alpha value is -1.97. The van der Waals surface area contributed by atoms with Crippen LogP contribution < -0.4 is 0 Å². The van der Waals surface area contributed by atoms with Gasteiger partial charge in [0.15, 0.2) is 9.84 Å². The lowest BCUT2D eigenvalue weighted by Gasteiger charge is -2.26. The number of nitrogens with zero attached hydrogens (tertiary/aromatic N) is 1. The van der Waals surface area contributed by atoms with Crippen molar-refractivity contribution >= 4 is 21.4 Å². The van der Waals surface area contributed by atoms with E-state index in [0.717, 1.165) is 37.1 Å². The molecule has 3 nitrogen and oxygen atoms in total. The first kappa shape index (κ1) is 21.3. The van der Waals surface area contributed by atoms with Crippen molar-refractivity contribution in [2.45, 2.75) is 42.2 Å². The van der Waals surface area contributed by atoms with Crippen LogP contribution in [0.1, 0.15) is 32.1 Å². The molecule has 144 valence electrons. The highest BCUT2D eigenvalue weighted by Crippen LogP contribution is 2.33. The van der Waals surface area contributed by atoms with Gasteiger partial charge in [0, 0.05) is 11.4 Å². The Bertz CT molecular complexity index is 849. The monoisotopic (exact) mass is 411 g/mol. The number of rotatable bonds is 3. The van der Waals surface area contributed by atoms with Crippen LogP contribution in [0.4, 0.5) is 8.78 Å². The van der Waals surface area contributed by atoms with Gasteiger partial charge in [0.1, 0.15) is 11.6 Å². The summed E-state index contributed by atoms with van der Waals surface area (Å²) < 4.78 is 48.7. The SMILES string of the molecule is Fc1ccc(F)cc1.N#CCC1CCC(S(=O)(=O)c2ccc(Cl)cc2)CC1. The van der Waals surface area contributed by atoms with Gasteiger partial charge in [-0.3, -0.25) is 0 Å². The summed E-state index contributed by atoms with van der Waals surface area (Å²) in [6.45, 7) is 0. The highest BCUT2D eigenvalue weighted by Gasteiger charge is 2.31. The van der Waals surface area contributed by atoms with E-state index in [2.05, 4.69) is 6.07 Å². The molecule has 0 radical (unpaired) electrons. The van der Waals surface area contributed by atoms with Crippen molar-refractivity contribution in [3.63, 3.8) is 0 Å². The minimum absolute atomic E-state index is 0.316. The van der Waals surface area contributed by atoms with Crippen molar-refractivity contribution in [2.75, 3.05) is 0 Å². The topological polar surface area (TPSA) is 57.9 Å². The molecule has 2 aromatic carbocycles.